The molecule has 0 saturated heterocycles. The molecule has 0 unspecified atom stereocenters. The maximum atomic E-state index is 13.9. The monoisotopic (exact) mass is 472 g/mol. The van der Waals surface area contributed by atoms with Gasteiger partial charge in [0.15, 0.2) is 11.5 Å². The maximum Gasteiger partial charge on any atom is 0.492 e. The topological polar surface area (TPSA) is 50.8 Å². The molecule has 0 aromatic heterocycles. The van der Waals surface area contributed by atoms with E-state index < -0.39 is 23.4 Å². The molecule has 2 heterocycles. The highest BCUT2D eigenvalue weighted by Crippen LogP contribution is 2.49. The number of allylic oxidation sites excluding steroid dienone is 1. The van der Waals surface area contributed by atoms with Crippen LogP contribution in [0.15, 0.2) is 48.2 Å². The zero-order valence-corrected chi connectivity index (χ0v) is 18.1. The molecule has 0 saturated carbocycles. The van der Waals surface area contributed by atoms with Gasteiger partial charge in [0.1, 0.15) is 0 Å². The van der Waals surface area contributed by atoms with Crippen molar-refractivity contribution in [2.24, 2.45) is 0 Å². The summed E-state index contributed by atoms with van der Waals surface area (Å²) < 4.78 is 51.8. The van der Waals surface area contributed by atoms with E-state index in [2.05, 4.69) is 0 Å². The van der Waals surface area contributed by atoms with Crippen LogP contribution in [0.25, 0.3) is 0 Å². The molecule has 2 aromatic rings. The largest absolute Gasteiger partial charge is 0.492 e. The quantitative estimate of drug-likeness (QED) is 0.593. The Morgan fingerprint density at radius 2 is 1.65 bits per heavy atom. The summed E-state index contributed by atoms with van der Waals surface area (Å²) in [6.07, 6.45) is -3.98. The van der Waals surface area contributed by atoms with Crippen molar-refractivity contribution < 1.29 is 27.4 Å². The van der Waals surface area contributed by atoms with Gasteiger partial charge >= 0.3 is 12.1 Å². The van der Waals surface area contributed by atoms with Crippen LogP contribution in [-0.4, -0.2) is 25.0 Å². The zero-order valence-electron chi connectivity index (χ0n) is 16.6. The molecule has 164 valence electrons. The van der Waals surface area contributed by atoms with Crippen molar-refractivity contribution in [1.82, 2.24) is 5.32 Å². The first kappa shape index (κ1) is 21.6. The van der Waals surface area contributed by atoms with Gasteiger partial charge in [-0.05, 0) is 11.6 Å². The van der Waals surface area contributed by atoms with Crippen LogP contribution in [0, 0.1) is 0 Å². The van der Waals surface area contributed by atoms with Crippen molar-refractivity contribution >= 4 is 34.8 Å². The van der Waals surface area contributed by atoms with Crippen molar-refractivity contribution in [3.63, 3.8) is 0 Å². The summed E-state index contributed by atoms with van der Waals surface area (Å²) in [6, 6.07) is 9.70. The van der Waals surface area contributed by atoms with E-state index in [4.69, 9.17) is 32.7 Å². The van der Waals surface area contributed by atoms with Crippen molar-refractivity contribution in [3.8, 4) is 11.5 Å². The lowest BCUT2D eigenvalue weighted by Gasteiger charge is -2.30. The summed E-state index contributed by atoms with van der Waals surface area (Å²) in [5, 5.41) is 1.81. The van der Waals surface area contributed by atoms with Gasteiger partial charge in [0.05, 0.1) is 10.0 Å². The summed E-state index contributed by atoms with van der Waals surface area (Å²) in [5.41, 5.74) is 1.73. The van der Waals surface area contributed by atoms with E-state index in [0.717, 1.165) is 29.5 Å². The Labute approximate surface area is 186 Å². The second-order valence-corrected chi connectivity index (χ2v) is 8.57. The number of carbonyl (C=O) groups is 1. The number of likely N-dealkylation sites (N-methyl/N-ethyl adjacent to an activating group) is 1. The lowest BCUT2D eigenvalue weighted by molar-refractivity contribution is -0.319. The summed E-state index contributed by atoms with van der Waals surface area (Å²) in [7, 11) is 1.74. The first-order valence-electron chi connectivity index (χ1n) is 9.17. The van der Waals surface area contributed by atoms with Crippen LogP contribution in [0.4, 0.5) is 18.9 Å². The summed E-state index contributed by atoms with van der Waals surface area (Å²) in [4.78, 5) is 14.5. The number of nitrogens with one attached hydrogen (secondary N) is 1. The Kier molecular flexibility index (Phi) is 4.86. The van der Waals surface area contributed by atoms with Gasteiger partial charge in [-0.3, -0.25) is 10.1 Å². The fourth-order valence-electron chi connectivity index (χ4n) is 3.82. The van der Waals surface area contributed by atoms with Gasteiger partial charge < -0.3 is 14.4 Å². The summed E-state index contributed by atoms with van der Waals surface area (Å²) in [6.45, 7) is 3.77. The Hall–Kier alpha value is -2.58. The van der Waals surface area contributed by atoms with Crippen molar-refractivity contribution in [2.75, 3.05) is 11.9 Å². The lowest BCUT2D eigenvalue weighted by atomic mass is 9.84. The van der Waals surface area contributed by atoms with E-state index in [9.17, 15) is 18.0 Å². The smallest absolute Gasteiger partial charge is 0.424 e. The molecule has 0 radical (unpaired) electrons. The number of amides is 1. The van der Waals surface area contributed by atoms with Crippen molar-refractivity contribution in [2.45, 2.75) is 31.3 Å². The third kappa shape index (κ3) is 3.38. The predicted octanol–water partition coefficient (Wildman–Crippen LogP) is 5.41. The number of nitrogens with zero attached hydrogens (tertiary/aromatic N) is 1. The summed E-state index contributed by atoms with van der Waals surface area (Å²) >= 11 is 11.7. The molecule has 2 aliphatic rings. The van der Waals surface area contributed by atoms with E-state index in [1.165, 1.54) is 0 Å². The number of ether oxygens (including phenoxy) is 2. The van der Waals surface area contributed by atoms with Crippen LogP contribution in [0.3, 0.4) is 0 Å². The standard InChI is InChI=1S/C21H17Cl2F3N2O3/c1-19(2)11-6-4-5-7-14(11)28(3)17(19)10-18(29)27-21(20(24,25)26)30-15-8-12(22)13(23)9-16(15)31-21/h4-10H,1-3H3,(H,27,29)/b17-10-. The van der Waals surface area contributed by atoms with E-state index >= 15 is 0 Å². The van der Waals surface area contributed by atoms with Crippen LogP contribution in [-0.2, 0) is 10.2 Å². The molecule has 0 fully saturated rings. The molecule has 0 bridgehead atoms. The number of para-hydroxylation sites is 1. The van der Waals surface area contributed by atoms with Crippen LogP contribution in [0.1, 0.15) is 19.4 Å². The SMILES string of the molecule is CN1/C(=C\C(=O)NC2(C(F)(F)F)Oc3cc(Cl)c(Cl)cc3O2)C(C)(C)c2ccccc21. The maximum absolute atomic E-state index is 13.9. The molecule has 1 amide bonds. The molecule has 0 atom stereocenters. The number of hydrogen-bond acceptors (Lipinski definition) is 4. The third-order valence-corrected chi connectivity index (χ3v) is 6.09. The first-order valence-corrected chi connectivity index (χ1v) is 9.93. The van der Waals surface area contributed by atoms with E-state index in [-0.39, 0.29) is 21.5 Å². The first-order chi connectivity index (χ1) is 14.4. The van der Waals surface area contributed by atoms with Crippen LogP contribution in [0.5, 0.6) is 11.5 Å². The number of anilines is 1. The van der Waals surface area contributed by atoms with Gasteiger partial charge in [-0.1, -0.05) is 55.2 Å². The van der Waals surface area contributed by atoms with Crippen LogP contribution in [0.2, 0.25) is 10.0 Å². The molecule has 0 spiro atoms. The minimum absolute atomic E-state index is 0.0115. The molecule has 2 aliphatic heterocycles. The highest BCUT2D eigenvalue weighted by Gasteiger charge is 2.65. The molecular formula is C21H17Cl2F3N2O3. The Bertz CT molecular complexity index is 1080. The average molecular weight is 473 g/mol. The molecule has 0 aliphatic carbocycles. The predicted molar refractivity (Wildman–Crippen MR) is 111 cm³/mol. The number of carbonyl (C=O) groups excluding carboxylic acids is 1. The number of hydrogen-bond donors (Lipinski definition) is 1. The van der Waals surface area contributed by atoms with Gasteiger partial charge in [-0.2, -0.15) is 13.2 Å². The fraction of sp³-hybridized carbons (Fsp3) is 0.286. The number of halogens is 5. The lowest BCUT2D eigenvalue weighted by Crippen LogP contribution is -2.64. The minimum Gasteiger partial charge on any atom is -0.424 e. The summed E-state index contributed by atoms with van der Waals surface area (Å²) in [5.74, 6) is -5.02. The third-order valence-electron chi connectivity index (χ3n) is 5.36. The Morgan fingerprint density at radius 1 is 1.10 bits per heavy atom. The highest BCUT2D eigenvalue weighted by molar-refractivity contribution is 6.42. The fourth-order valence-corrected chi connectivity index (χ4v) is 4.13. The van der Waals surface area contributed by atoms with E-state index in [1.807, 2.05) is 43.4 Å². The molecular weight excluding hydrogens is 456 g/mol. The van der Waals surface area contributed by atoms with Gasteiger partial charge in [0.2, 0.25) is 0 Å². The highest BCUT2D eigenvalue weighted by atomic mass is 35.5. The Balaban J connectivity index is 1.67. The molecule has 31 heavy (non-hydrogen) atoms. The molecule has 5 nitrogen and oxygen atoms in total. The van der Waals surface area contributed by atoms with Crippen LogP contribution < -0.4 is 19.7 Å². The zero-order chi connectivity index (χ0) is 22.8. The number of fused-ring (bicyclic) bond motifs is 2. The second kappa shape index (κ2) is 6.97. The second-order valence-electron chi connectivity index (χ2n) is 7.75. The van der Waals surface area contributed by atoms with Gasteiger partial charge in [-0.15, -0.1) is 0 Å². The molecule has 10 heteroatoms. The van der Waals surface area contributed by atoms with E-state index in [0.29, 0.717) is 5.70 Å². The molecule has 1 N–H and O–H groups in total. The van der Waals surface area contributed by atoms with E-state index in [1.54, 1.807) is 11.9 Å². The number of alkyl halides is 3. The minimum atomic E-state index is -5.10. The molecule has 4 rings (SSSR count). The Morgan fingerprint density at radius 3 is 2.16 bits per heavy atom. The average Bonchev–Trinajstić information content (AvgIpc) is 3.11. The van der Waals surface area contributed by atoms with Crippen molar-refractivity contribution in [3.05, 3.63) is 63.8 Å². The van der Waals surface area contributed by atoms with Gasteiger partial charge in [0.25, 0.3) is 5.91 Å². The van der Waals surface area contributed by atoms with Gasteiger partial charge in [-0.25, -0.2) is 0 Å². The van der Waals surface area contributed by atoms with Crippen molar-refractivity contribution in [1.29, 1.82) is 0 Å². The molecule has 2 aromatic carbocycles. The number of rotatable bonds is 2. The van der Waals surface area contributed by atoms with Crippen LogP contribution >= 0.6 is 23.2 Å². The normalized spacial score (nSPS) is 19.5. The number of benzene rings is 2. The van der Waals surface area contributed by atoms with Gasteiger partial charge in [0, 0.05) is 42.1 Å².